The SMILES string of the molecule is CCc1nc2ccccc2n1C[C@@H](O)COc1ccc(F)cc1. The van der Waals surface area contributed by atoms with E-state index < -0.39 is 6.10 Å². The van der Waals surface area contributed by atoms with Gasteiger partial charge >= 0.3 is 0 Å². The second kappa shape index (κ2) is 6.79. The highest BCUT2D eigenvalue weighted by Crippen LogP contribution is 2.17. The summed E-state index contributed by atoms with van der Waals surface area (Å²) in [5.74, 6) is 1.17. The normalized spacial score (nSPS) is 12.5. The van der Waals surface area contributed by atoms with Crippen LogP contribution < -0.4 is 4.74 Å². The van der Waals surface area contributed by atoms with E-state index in [1.807, 2.05) is 35.8 Å². The number of aromatic nitrogens is 2. The van der Waals surface area contributed by atoms with Gasteiger partial charge in [-0.2, -0.15) is 0 Å². The lowest BCUT2D eigenvalue weighted by molar-refractivity contribution is 0.0927. The Hall–Kier alpha value is -2.40. The van der Waals surface area contributed by atoms with Crippen LogP contribution in [0.15, 0.2) is 48.5 Å². The lowest BCUT2D eigenvalue weighted by Gasteiger charge is -2.15. The van der Waals surface area contributed by atoms with Crippen LogP contribution in [0.1, 0.15) is 12.7 Å². The number of rotatable bonds is 6. The van der Waals surface area contributed by atoms with Gasteiger partial charge in [-0.05, 0) is 36.4 Å². The van der Waals surface area contributed by atoms with Crippen LogP contribution in [0.2, 0.25) is 0 Å². The summed E-state index contributed by atoms with van der Waals surface area (Å²) in [5.41, 5.74) is 1.93. The van der Waals surface area contributed by atoms with E-state index >= 15 is 0 Å². The number of hydrogen-bond donors (Lipinski definition) is 1. The molecule has 23 heavy (non-hydrogen) atoms. The van der Waals surface area contributed by atoms with Crippen LogP contribution in [-0.2, 0) is 13.0 Å². The zero-order valence-corrected chi connectivity index (χ0v) is 12.9. The summed E-state index contributed by atoms with van der Waals surface area (Å²) in [5, 5.41) is 10.3. The molecule has 1 N–H and O–H groups in total. The van der Waals surface area contributed by atoms with Crippen molar-refractivity contribution in [3.63, 3.8) is 0 Å². The van der Waals surface area contributed by atoms with Crippen molar-refractivity contribution in [2.24, 2.45) is 0 Å². The van der Waals surface area contributed by atoms with Crippen LogP contribution in [0.3, 0.4) is 0 Å². The Morgan fingerprint density at radius 2 is 1.91 bits per heavy atom. The van der Waals surface area contributed by atoms with E-state index in [1.165, 1.54) is 12.1 Å². The highest BCUT2D eigenvalue weighted by molar-refractivity contribution is 5.75. The van der Waals surface area contributed by atoms with Gasteiger partial charge in [-0.25, -0.2) is 9.37 Å². The summed E-state index contributed by atoms with van der Waals surface area (Å²) in [4.78, 5) is 4.58. The van der Waals surface area contributed by atoms with Gasteiger partial charge in [0.15, 0.2) is 0 Å². The fourth-order valence-electron chi connectivity index (χ4n) is 2.59. The number of benzene rings is 2. The molecular weight excluding hydrogens is 295 g/mol. The number of aliphatic hydroxyl groups is 1. The summed E-state index contributed by atoms with van der Waals surface area (Å²) in [6.45, 7) is 2.59. The van der Waals surface area contributed by atoms with Crippen LogP contribution in [0.5, 0.6) is 5.75 Å². The molecule has 0 spiro atoms. The van der Waals surface area contributed by atoms with E-state index in [1.54, 1.807) is 12.1 Å². The number of imidazole rings is 1. The van der Waals surface area contributed by atoms with Gasteiger partial charge in [0, 0.05) is 6.42 Å². The summed E-state index contributed by atoms with van der Waals surface area (Å²) < 4.78 is 20.4. The number of fused-ring (bicyclic) bond motifs is 1. The second-order valence-electron chi connectivity index (χ2n) is 5.40. The third kappa shape index (κ3) is 3.51. The smallest absolute Gasteiger partial charge is 0.123 e. The zero-order valence-electron chi connectivity index (χ0n) is 12.9. The third-order valence-electron chi connectivity index (χ3n) is 3.70. The summed E-state index contributed by atoms with van der Waals surface area (Å²) >= 11 is 0. The molecule has 5 heteroatoms. The standard InChI is InChI=1S/C18H19FN2O2/c1-2-18-20-16-5-3-4-6-17(16)21(18)11-14(22)12-23-15-9-7-13(19)8-10-15/h3-10,14,22H,2,11-12H2,1H3/t14-/m1/s1. The number of aliphatic hydroxyl groups excluding tert-OH is 1. The van der Waals surface area contributed by atoms with E-state index in [-0.39, 0.29) is 12.4 Å². The fraction of sp³-hybridized carbons (Fsp3) is 0.278. The lowest BCUT2D eigenvalue weighted by atomic mass is 10.3. The van der Waals surface area contributed by atoms with Crippen molar-refractivity contribution in [3.05, 3.63) is 60.2 Å². The van der Waals surface area contributed by atoms with E-state index in [2.05, 4.69) is 4.98 Å². The number of nitrogens with zero attached hydrogens (tertiary/aromatic N) is 2. The molecule has 0 aliphatic carbocycles. The van der Waals surface area contributed by atoms with Crippen LogP contribution >= 0.6 is 0 Å². The Labute approximate surface area is 134 Å². The van der Waals surface area contributed by atoms with Crippen molar-refractivity contribution in [2.45, 2.75) is 26.0 Å². The lowest BCUT2D eigenvalue weighted by Crippen LogP contribution is -2.24. The second-order valence-corrected chi connectivity index (χ2v) is 5.40. The molecule has 3 aromatic rings. The maximum atomic E-state index is 12.9. The predicted octanol–water partition coefficient (Wildman–Crippen LogP) is 3.18. The fourth-order valence-corrected chi connectivity index (χ4v) is 2.59. The largest absolute Gasteiger partial charge is 0.491 e. The van der Waals surface area contributed by atoms with Gasteiger partial charge in [0.25, 0.3) is 0 Å². The van der Waals surface area contributed by atoms with Gasteiger partial charge in [0.1, 0.15) is 30.1 Å². The molecule has 1 atom stereocenters. The molecule has 2 aromatic carbocycles. The third-order valence-corrected chi connectivity index (χ3v) is 3.70. The molecule has 1 heterocycles. The highest BCUT2D eigenvalue weighted by atomic mass is 19.1. The van der Waals surface area contributed by atoms with Gasteiger partial charge < -0.3 is 14.4 Å². The molecule has 3 rings (SSSR count). The van der Waals surface area contributed by atoms with Crippen molar-refractivity contribution in [3.8, 4) is 5.75 Å². The molecule has 0 unspecified atom stereocenters. The van der Waals surface area contributed by atoms with Gasteiger partial charge in [0.05, 0.1) is 17.6 Å². The van der Waals surface area contributed by atoms with Gasteiger partial charge in [-0.15, -0.1) is 0 Å². The molecule has 0 saturated heterocycles. The molecule has 0 aliphatic heterocycles. The van der Waals surface area contributed by atoms with Gasteiger partial charge in [0.2, 0.25) is 0 Å². The quantitative estimate of drug-likeness (QED) is 0.760. The van der Waals surface area contributed by atoms with Gasteiger partial charge in [-0.1, -0.05) is 19.1 Å². The average molecular weight is 314 g/mol. The summed E-state index contributed by atoms with van der Waals surface area (Å²) in [6, 6.07) is 13.6. The predicted molar refractivity (Wildman–Crippen MR) is 87.0 cm³/mol. The highest BCUT2D eigenvalue weighted by Gasteiger charge is 2.13. The van der Waals surface area contributed by atoms with E-state index in [9.17, 15) is 9.50 Å². The van der Waals surface area contributed by atoms with Crippen molar-refractivity contribution in [2.75, 3.05) is 6.61 Å². The number of para-hydroxylation sites is 2. The molecule has 1 aromatic heterocycles. The Kier molecular flexibility index (Phi) is 4.57. The van der Waals surface area contributed by atoms with Crippen LogP contribution in [0, 0.1) is 5.82 Å². The Bertz CT molecular complexity index is 783. The number of hydrogen-bond acceptors (Lipinski definition) is 3. The molecule has 0 fully saturated rings. The topological polar surface area (TPSA) is 47.3 Å². The average Bonchev–Trinajstić information content (AvgIpc) is 2.92. The zero-order chi connectivity index (χ0) is 16.2. The molecule has 4 nitrogen and oxygen atoms in total. The monoisotopic (exact) mass is 314 g/mol. The Balaban J connectivity index is 1.70. The van der Waals surface area contributed by atoms with E-state index in [0.717, 1.165) is 23.3 Å². The summed E-state index contributed by atoms with van der Waals surface area (Å²) in [6.07, 6.45) is 0.114. The first-order valence-corrected chi connectivity index (χ1v) is 7.68. The minimum absolute atomic E-state index is 0.140. The number of halogens is 1. The van der Waals surface area contributed by atoms with Crippen LogP contribution in [0.4, 0.5) is 4.39 Å². The maximum absolute atomic E-state index is 12.9. The van der Waals surface area contributed by atoms with Crippen LogP contribution in [-0.4, -0.2) is 27.4 Å². The van der Waals surface area contributed by atoms with Crippen molar-refractivity contribution in [1.82, 2.24) is 9.55 Å². The Morgan fingerprint density at radius 1 is 1.17 bits per heavy atom. The van der Waals surface area contributed by atoms with E-state index in [4.69, 9.17) is 4.74 Å². The molecule has 0 saturated carbocycles. The minimum Gasteiger partial charge on any atom is -0.491 e. The van der Waals surface area contributed by atoms with Crippen molar-refractivity contribution < 1.29 is 14.2 Å². The van der Waals surface area contributed by atoms with Crippen LogP contribution in [0.25, 0.3) is 11.0 Å². The first-order chi connectivity index (χ1) is 11.2. The molecule has 0 bridgehead atoms. The Morgan fingerprint density at radius 3 is 2.65 bits per heavy atom. The molecule has 0 radical (unpaired) electrons. The summed E-state index contributed by atoms with van der Waals surface area (Å²) in [7, 11) is 0. The molecule has 0 aliphatic rings. The van der Waals surface area contributed by atoms with Crippen molar-refractivity contribution >= 4 is 11.0 Å². The molecule has 120 valence electrons. The molecule has 0 amide bonds. The minimum atomic E-state index is -0.678. The van der Waals surface area contributed by atoms with Crippen molar-refractivity contribution in [1.29, 1.82) is 0 Å². The molecular formula is C18H19FN2O2. The van der Waals surface area contributed by atoms with Gasteiger partial charge in [-0.3, -0.25) is 0 Å². The van der Waals surface area contributed by atoms with E-state index in [0.29, 0.717) is 12.3 Å². The first kappa shape index (κ1) is 15.5. The first-order valence-electron chi connectivity index (χ1n) is 7.68. The number of aryl methyl sites for hydroxylation is 1. The maximum Gasteiger partial charge on any atom is 0.123 e. The number of ether oxygens (including phenoxy) is 1.